The summed E-state index contributed by atoms with van der Waals surface area (Å²) in [6.07, 6.45) is 16.7. The molecule has 2 aliphatic carbocycles. The zero-order valence-electron chi connectivity index (χ0n) is 12.6. The van der Waals surface area contributed by atoms with E-state index in [1.54, 1.807) is 6.92 Å². The van der Waals surface area contributed by atoms with Crippen molar-refractivity contribution in [2.75, 3.05) is 0 Å². The maximum absolute atomic E-state index is 11.2. The zero-order valence-corrected chi connectivity index (χ0v) is 12.6. The van der Waals surface area contributed by atoms with Crippen LogP contribution in [0.4, 0.5) is 0 Å². The first-order chi connectivity index (χ1) is 9.25. The van der Waals surface area contributed by atoms with Gasteiger partial charge in [-0.3, -0.25) is 4.79 Å². The van der Waals surface area contributed by atoms with Crippen molar-refractivity contribution in [1.29, 1.82) is 0 Å². The Morgan fingerprint density at radius 3 is 2.00 bits per heavy atom. The zero-order chi connectivity index (χ0) is 13.5. The molecule has 110 valence electrons. The van der Waals surface area contributed by atoms with Crippen molar-refractivity contribution in [1.82, 2.24) is 5.32 Å². The third kappa shape index (κ3) is 5.16. The Labute approximate surface area is 118 Å². The molecule has 2 heteroatoms. The summed E-state index contributed by atoms with van der Waals surface area (Å²) in [5.74, 6) is 2.07. The molecule has 19 heavy (non-hydrogen) atoms. The Bertz CT molecular complexity index is 268. The Morgan fingerprint density at radius 1 is 0.737 bits per heavy atom. The van der Waals surface area contributed by atoms with Gasteiger partial charge in [-0.25, -0.2) is 0 Å². The molecule has 0 heterocycles. The van der Waals surface area contributed by atoms with Crippen LogP contribution >= 0.6 is 0 Å². The van der Waals surface area contributed by atoms with Crippen molar-refractivity contribution < 1.29 is 4.79 Å². The maximum atomic E-state index is 11.2. The van der Waals surface area contributed by atoms with Gasteiger partial charge in [-0.1, -0.05) is 57.8 Å². The van der Waals surface area contributed by atoms with Gasteiger partial charge in [0.2, 0.25) is 5.91 Å². The summed E-state index contributed by atoms with van der Waals surface area (Å²) in [6.45, 7) is 1.65. The summed E-state index contributed by atoms with van der Waals surface area (Å²) < 4.78 is 0. The van der Waals surface area contributed by atoms with Crippen molar-refractivity contribution in [3.8, 4) is 0 Å². The Kier molecular flexibility index (Phi) is 6.19. The van der Waals surface area contributed by atoms with E-state index >= 15 is 0 Å². The average molecular weight is 265 g/mol. The Hall–Kier alpha value is -0.530. The minimum atomic E-state index is 0.148. The normalized spacial score (nSPS) is 31.0. The van der Waals surface area contributed by atoms with Gasteiger partial charge in [-0.15, -0.1) is 0 Å². The van der Waals surface area contributed by atoms with Crippen LogP contribution in [0.3, 0.4) is 0 Å². The molecule has 1 amide bonds. The largest absolute Gasteiger partial charge is 0.354 e. The first-order valence-electron chi connectivity index (χ1n) is 8.53. The van der Waals surface area contributed by atoms with Crippen molar-refractivity contribution in [2.45, 2.75) is 90.0 Å². The van der Waals surface area contributed by atoms with Crippen LogP contribution in [-0.4, -0.2) is 11.9 Å². The molecule has 2 atom stereocenters. The van der Waals surface area contributed by atoms with Crippen LogP contribution in [0.25, 0.3) is 0 Å². The second-order valence-electron chi connectivity index (χ2n) is 6.77. The summed E-state index contributed by atoms with van der Waals surface area (Å²) >= 11 is 0. The number of rotatable bonds is 2. The summed E-state index contributed by atoms with van der Waals surface area (Å²) in [7, 11) is 0. The maximum Gasteiger partial charge on any atom is 0.217 e. The van der Waals surface area contributed by atoms with E-state index in [2.05, 4.69) is 5.32 Å². The van der Waals surface area contributed by atoms with E-state index in [-0.39, 0.29) is 5.91 Å². The number of hydrogen-bond donors (Lipinski definition) is 1. The highest BCUT2D eigenvalue weighted by Gasteiger charge is 2.25. The lowest BCUT2D eigenvalue weighted by Gasteiger charge is -2.28. The van der Waals surface area contributed by atoms with Gasteiger partial charge in [-0.2, -0.15) is 0 Å². The van der Waals surface area contributed by atoms with E-state index < -0.39 is 0 Å². The molecule has 0 spiro atoms. The lowest BCUT2D eigenvalue weighted by Crippen LogP contribution is -2.32. The first-order valence-corrected chi connectivity index (χ1v) is 8.53. The van der Waals surface area contributed by atoms with Gasteiger partial charge in [0.15, 0.2) is 0 Å². The molecule has 0 bridgehead atoms. The molecule has 0 aliphatic heterocycles. The third-order valence-electron chi connectivity index (χ3n) is 5.24. The van der Waals surface area contributed by atoms with Crippen LogP contribution in [-0.2, 0) is 4.79 Å². The smallest absolute Gasteiger partial charge is 0.217 e. The lowest BCUT2D eigenvalue weighted by molar-refractivity contribution is -0.119. The monoisotopic (exact) mass is 265 g/mol. The quantitative estimate of drug-likeness (QED) is 0.735. The van der Waals surface area contributed by atoms with Gasteiger partial charge in [0.05, 0.1) is 0 Å². The predicted molar refractivity (Wildman–Crippen MR) is 80.0 cm³/mol. The number of hydrogen-bond acceptors (Lipinski definition) is 1. The first kappa shape index (κ1) is 14.9. The van der Waals surface area contributed by atoms with Crippen LogP contribution in [0.5, 0.6) is 0 Å². The minimum absolute atomic E-state index is 0.148. The molecular formula is C17H31NO. The molecule has 2 unspecified atom stereocenters. The predicted octanol–water partition coefficient (Wildman–Crippen LogP) is 4.43. The van der Waals surface area contributed by atoms with Gasteiger partial charge >= 0.3 is 0 Å². The summed E-state index contributed by atoms with van der Waals surface area (Å²) in [6, 6.07) is 0.455. The summed E-state index contributed by atoms with van der Waals surface area (Å²) in [5, 5.41) is 3.13. The SMILES string of the molecule is CC(=O)NC1CCCC(C2CCCCCCC2)CC1. The highest BCUT2D eigenvalue weighted by atomic mass is 16.1. The van der Waals surface area contributed by atoms with E-state index in [1.165, 1.54) is 77.0 Å². The Balaban J connectivity index is 1.81. The minimum Gasteiger partial charge on any atom is -0.354 e. The van der Waals surface area contributed by atoms with E-state index in [9.17, 15) is 4.79 Å². The van der Waals surface area contributed by atoms with Crippen LogP contribution in [0.15, 0.2) is 0 Å². The van der Waals surface area contributed by atoms with Gasteiger partial charge in [0, 0.05) is 13.0 Å². The molecule has 0 saturated heterocycles. The van der Waals surface area contributed by atoms with Gasteiger partial charge in [0.25, 0.3) is 0 Å². The highest BCUT2D eigenvalue weighted by molar-refractivity contribution is 5.73. The van der Waals surface area contributed by atoms with Crippen molar-refractivity contribution in [3.05, 3.63) is 0 Å². The molecule has 1 N–H and O–H groups in total. The molecule has 2 aliphatic rings. The van der Waals surface area contributed by atoms with Crippen molar-refractivity contribution in [2.24, 2.45) is 11.8 Å². The van der Waals surface area contributed by atoms with Crippen molar-refractivity contribution in [3.63, 3.8) is 0 Å². The number of nitrogens with one attached hydrogen (secondary N) is 1. The van der Waals surface area contributed by atoms with E-state index in [1.807, 2.05) is 0 Å². The van der Waals surface area contributed by atoms with E-state index in [0.29, 0.717) is 6.04 Å². The molecule has 2 rings (SSSR count). The van der Waals surface area contributed by atoms with Crippen LogP contribution in [0, 0.1) is 11.8 Å². The standard InChI is InChI=1S/C17H31NO/c1-14(19)18-17-11-7-10-16(12-13-17)15-8-5-3-2-4-6-9-15/h15-17H,2-13H2,1H3,(H,18,19). The number of amides is 1. The molecule has 0 aromatic rings. The van der Waals surface area contributed by atoms with Gasteiger partial charge in [-0.05, 0) is 31.1 Å². The molecule has 0 aromatic heterocycles. The molecule has 2 fully saturated rings. The Morgan fingerprint density at radius 2 is 1.32 bits per heavy atom. The topological polar surface area (TPSA) is 29.1 Å². The molecular weight excluding hydrogens is 234 g/mol. The molecule has 0 radical (unpaired) electrons. The second-order valence-corrected chi connectivity index (χ2v) is 6.77. The molecule has 0 aromatic carbocycles. The fourth-order valence-electron chi connectivity index (χ4n) is 4.19. The molecule has 2 nitrogen and oxygen atoms in total. The second kappa shape index (κ2) is 7.91. The van der Waals surface area contributed by atoms with Crippen LogP contribution in [0.2, 0.25) is 0 Å². The van der Waals surface area contributed by atoms with Gasteiger partial charge in [0.1, 0.15) is 0 Å². The molecule has 2 saturated carbocycles. The third-order valence-corrected chi connectivity index (χ3v) is 5.24. The highest BCUT2D eigenvalue weighted by Crippen LogP contribution is 2.36. The lowest BCUT2D eigenvalue weighted by atomic mass is 9.78. The fourth-order valence-corrected chi connectivity index (χ4v) is 4.19. The summed E-state index contributed by atoms with van der Waals surface area (Å²) in [4.78, 5) is 11.2. The van der Waals surface area contributed by atoms with E-state index in [4.69, 9.17) is 0 Å². The number of carbonyl (C=O) groups is 1. The average Bonchev–Trinajstić information content (AvgIpc) is 2.54. The number of carbonyl (C=O) groups excluding carboxylic acids is 1. The fraction of sp³-hybridized carbons (Fsp3) is 0.941. The van der Waals surface area contributed by atoms with E-state index in [0.717, 1.165) is 11.8 Å². The summed E-state index contributed by atoms with van der Waals surface area (Å²) in [5.41, 5.74) is 0. The van der Waals surface area contributed by atoms with Crippen molar-refractivity contribution >= 4 is 5.91 Å². The van der Waals surface area contributed by atoms with Gasteiger partial charge < -0.3 is 5.32 Å². The van der Waals surface area contributed by atoms with Crippen LogP contribution in [0.1, 0.15) is 84.0 Å². The van der Waals surface area contributed by atoms with Crippen LogP contribution < -0.4 is 5.32 Å².